The molecule has 1 unspecified atom stereocenters. The molecule has 0 saturated heterocycles. The van der Waals surface area contributed by atoms with Gasteiger partial charge < -0.3 is 21.3 Å². The highest BCUT2D eigenvalue weighted by Crippen LogP contribution is 2.06. The minimum Gasteiger partial charge on any atom is -0.390 e. The van der Waals surface area contributed by atoms with Gasteiger partial charge >= 0.3 is 0 Å². The monoisotopic (exact) mass is 234 g/mol. The molecule has 1 atom stereocenters. The van der Waals surface area contributed by atoms with E-state index in [1.165, 1.54) is 0 Å². The van der Waals surface area contributed by atoms with Crippen LogP contribution in [0.5, 0.6) is 0 Å². The zero-order valence-electron chi connectivity index (χ0n) is 8.93. The summed E-state index contributed by atoms with van der Waals surface area (Å²) in [5.41, 5.74) is 10.2. The highest BCUT2D eigenvalue weighted by Gasteiger charge is 2.07. The Kier molecular flexibility index (Phi) is 7.10. The number of amidine groups is 1. The molecule has 0 aromatic rings. The van der Waals surface area contributed by atoms with Gasteiger partial charge in [0, 0.05) is 5.75 Å². The second-order valence-electron chi connectivity index (χ2n) is 3.19. The van der Waals surface area contributed by atoms with Gasteiger partial charge in [0.25, 0.3) is 0 Å². The summed E-state index contributed by atoms with van der Waals surface area (Å²) in [6.45, 7) is 4.03. The van der Waals surface area contributed by atoms with Crippen LogP contribution in [0.3, 0.4) is 0 Å². The van der Waals surface area contributed by atoms with Crippen molar-refractivity contribution in [1.29, 1.82) is 5.41 Å². The molecule has 0 rings (SSSR count). The second kappa shape index (κ2) is 7.49. The van der Waals surface area contributed by atoms with Gasteiger partial charge in [-0.2, -0.15) is 4.99 Å². The molecule has 0 amide bonds. The molecular weight excluding hydrogens is 216 g/mol. The minimum absolute atomic E-state index is 0.0152. The van der Waals surface area contributed by atoms with Gasteiger partial charge in [0.15, 0.2) is 11.1 Å². The van der Waals surface area contributed by atoms with E-state index in [4.69, 9.17) is 21.6 Å². The van der Waals surface area contributed by atoms with Crippen LogP contribution in [-0.2, 0) is 4.74 Å². The number of hydrogen-bond donors (Lipinski definition) is 4. The molecule has 0 fully saturated rings. The van der Waals surface area contributed by atoms with E-state index in [1.54, 1.807) is 0 Å². The molecule has 6 N–H and O–H groups in total. The molecule has 7 heteroatoms. The molecule has 15 heavy (non-hydrogen) atoms. The molecule has 0 saturated carbocycles. The van der Waals surface area contributed by atoms with Crippen LogP contribution in [0.25, 0.3) is 0 Å². The average Bonchev–Trinajstić information content (AvgIpc) is 2.10. The summed E-state index contributed by atoms with van der Waals surface area (Å²) in [4.78, 5) is 3.51. The van der Waals surface area contributed by atoms with E-state index in [1.807, 2.05) is 13.8 Å². The molecule has 0 aromatic heterocycles. The molecule has 0 aromatic carbocycles. The summed E-state index contributed by atoms with van der Waals surface area (Å²) >= 11 is 1.07. The van der Waals surface area contributed by atoms with Crippen molar-refractivity contribution in [2.24, 2.45) is 16.5 Å². The van der Waals surface area contributed by atoms with Crippen LogP contribution in [0.1, 0.15) is 13.8 Å². The van der Waals surface area contributed by atoms with E-state index in [0.29, 0.717) is 5.75 Å². The fourth-order valence-electron chi connectivity index (χ4n) is 0.676. The van der Waals surface area contributed by atoms with Crippen molar-refractivity contribution in [3.8, 4) is 0 Å². The van der Waals surface area contributed by atoms with Crippen LogP contribution in [0.4, 0.5) is 0 Å². The number of hydrogen-bond acceptors (Lipinski definition) is 4. The number of nitrogens with zero attached hydrogens (tertiary/aromatic N) is 1. The first kappa shape index (κ1) is 14.2. The number of nitrogens with two attached hydrogens (primary N) is 2. The van der Waals surface area contributed by atoms with Crippen LogP contribution < -0.4 is 11.5 Å². The first-order valence-corrected chi connectivity index (χ1v) is 5.51. The maximum Gasteiger partial charge on any atom is 0.193 e. The van der Waals surface area contributed by atoms with Crippen molar-refractivity contribution in [3.05, 3.63) is 0 Å². The molecule has 0 radical (unpaired) electrons. The Morgan fingerprint density at radius 1 is 1.53 bits per heavy atom. The van der Waals surface area contributed by atoms with Crippen LogP contribution in [0.2, 0.25) is 0 Å². The van der Waals surface area contributed by atoms with Crippen LogP contribution in [0.15, 0.2) is 4.99 Å². The Bertz CT molecular complexity index is 229. The fraction of sp³-hybridized carbons (Fsp3) is 0.750. The van der Waals surface area contributed by atoms with Crippen LogP contribution >= 0.6 is 11.8 Å². The summed E-state index contributed by atoms with van der Waals surface area (Å²) in [5, 5.41) is 16.7. The highest BCUT2D eigenvalue weighted by molar-refractivity contribution is 8.13. The zero-order chi connectivity index (χ0) is 11.8. The highest BCUT2D eigenvalue weighted by atomic mass is 32.2. The lowest BCUT2D eigenvalue weighted by Crippen LogP contribution is -2.24. The first-order chi connectivity index (χ1) is 6.91. The number of aliphatic hydroxyl groups excluding tert-OH is 1. The zero-order valence-corrected chi connectivity index (χ0v) is 9.75. The number of rotatable bonds is 5. The van der Waals surface area contributed by atoms with Crippen molar-refractivity contribution in [1.82, 2.24) is 0 Å². The maximum absolute atomic E-state index is 9.43. The lowest BCUT2D eigenvalue weighted by atomic mass is 10.4. The Morgan fingerprint density at radius 3 is 2.60 bits per heavy atom. The van der Waals surface area contributed by atoms with Crippen molar-refractivity contribution in [3.63, 3.8) is 0 Å². The van der Waals surface area contributed by atoms with Crippen molar-refractivity contribution < 1.29 is 9.84 Å². The summed E-state index contributed by atoms with van der Waals surface area (Å²) < 4.78 is 5.20. The van der Waals surface area contributed by atoms with Crippen molar-refractivity contribution in [2.45, 2.75) is 26.1 Å². The van der Waals surface area contributed by atoms with E-state index in [0.717, 1.165) is 11.8 Å². The lowest BCUT2D eigenvalue weighted by Gasteiger charge is -2.12. The SMILES string of the molecule is CC(C)OCC(O)CSC(=N)N=C(N)N. The molecule has 0 heterocycles. The van der Waals surface area contributed by atoms with E-state index < -0.39 is 6.10 Å². The standard InChI is InChI=1S/C8H18N4O2S/c1-5(2)14-3-6(13)4-15-8(11)12-7(9)10/h5-6,13H,3-4H2,1-2H3,(H5,9,10,11,12). The quantitative estimate of drug-likeness (QED) is 0.385. The lowest BCUT2D eigenvalue weighted by molar-refractivity contribution is 0.0153. The number of ether oxygens (including phenoxy) is 1. The Balaban J connectivity index is 3.66. The predicted octanol–water partition coefficient (Wildman–Crippen LogP) is -0.286. The topological polar surface area (TPSA) is 118 Å². The van der Waals surface area contributed by atoms with Crippen molar-refractivity contribution >= 4 is 22.9 Å². The third kappa shape index (κ3) is 9.51. The van der Waals surface area contributed by atoms with Gasteiger partial charge in [0.05, 0.1) is 18.8 Å². The fourth-order valence-corrected chi connectivity index (χ4v) is 1.29. The van der Waals surface area contributed by atoms with Gasteiger partial charge in [0.1, 0.15) is 0 Å². The van der Waals surface area contributed by atoms with Gasteiger partial charge in [-0.1, -0.05) is 11.8 Å². The van der Waals surface area contributed by atoms with Gasteiger partial charge in [0.2, 0.25) is 0 Å². The van der Waals surface area contributed by atoms with E-state index in [-0.39, 0.29) is 23.8 Å². The van der Waals surface area contributed by atoms with Crippen LogP contribution in [-0.4, -0.2) is 40.8 Å². The average molecular weight is 234 g/mol. The number of nitrogens with one attached hydrogen (secondary N) is 1. The molecule has 0 bridgehead atoms. The summed E-state index contributed by atoms with van der Waals surface area (Å²) in [6.07, 6.45) is -0.534. The Hall–Kier alpha value is -0.790. The number of guanidine groups is 1. The first-order valence-electron chi connectivity index (χ1n) is 4.52. The predicted molar refractivity (Wildman–Crippen MR) is 63.1 cm³/mol. The van der Waals surface area contributed by atoms with Gasteiger partial charge in [-0.25, -0.2) is 0 Å². The smallest absolute Gasteiger partial charge is 0.193 e. The van der Waals surface area contributed by atoms with E-state index in [9.17, 15) is 5.11 Å². The molecule has 0 aliphatic rings. The Morgan fingerprint density at radius 2 is 2.13 bits per heavy atom. The third-order valence-corrected chi connectivity index (χ3v) is 2.18. The summed E-state index contributed by atoms with van der Waals surface area (Å²) in [7, 11) is 0. The van der Waals surface area contributed by atoms with E-state index in [2.05, 4.69) is 4.99 Å². The number of thioether (sulfide) groups is 1. The second-order valence-corrected chi connectivity index (χ2v) is 4.20. The van der Waals surface area contributed by atoms with Crippen molar-refractivity contribution in [2.75, 3.05) is 12.4 Å². The minimum atomic E-state index is -0.619. The van der Waals surface area contributed by atoms with Gasteiger partial charge in [-0.15, -0.1) is 0 Å². The van der Waals surface area contributed by atoms with Crippen LogP contribution in [0, 0.1) is 5.41 Å². The van der Waals surface area contributed by atoms with Gasteiger partial charge in [-0.05, 0) is 13.8 Å². The number of aliphatic imine (C=N–C) groups is 1. The molecule has 88 valence electrons. The summed E-state index contributed by atoms with van der Waals surface area (Å²) in [5.74, 6) is 0.183. The molecular formula is C8H18N4O2S. The van der Waals surface area contributed by atoms with Gasteiger partial charge in [-0.3, -0.25) is 5.41 Å². The maximum atomic E-state index is 9.43. The largest absolute Gasteiger partial charge is 0.390 e. The normalized spacial score (nSPS) is 12.5. The molecule has 0 spiro atoms. The third-order valence-electron chi connectivity index (χ3n) is 1.27. The number of aliphatic hydroxyl groups is 1. The molecule has 0 aliphatic carbocycles. The van der Waals surface area contributed by atoms with E-state index >= 15 is 0 Å². The molecule has 0 aliphatic heterocycles. The molecule has 6 nitrogen and oxygen atoms in total. The Labute approximate surface area is 93.6 Å². The summed E-state index contributed by atoms with van der Waals surface area (Å²) in [6, 6.07) is 0.